The molecule has 0 spiro atoms. The minimum atomic E-state index is -0.656. The molecule has 0 heterocycles. The van der Waals surface area contributed by atoms with E-state index in [1.165, 1.54) is 18.2 Å². The van der Waals surface area contributed by atoms with E-state index in [0.29, 0.717) is 5.56 Å². The first kappa shape index (κ1) is 17.7. The number of carbonyl (C=O) groups is 1. The number of nitro benzene ring substituents is 1. The normalized spacial score (nSPS) is 10.8. The van der Waals surface area contributed by atoms with Crippen LogP contribution in [0, 0.1) is 21.4 Å². The summed E-state index contributed by atoms with van der Waals surface area (Å²) in [4.78, 5) is 22.3. The minimum Gasteiger partial charge on any atom is -0.320 e. The predicted molar refractivity (Wildman–Crippen MR) is 94.5 cm³/mol. The van der Waals surface area contributed by atoms with Crippen molar-refractivity contribution in [2.75, 3.05) is 5.32 Å². The van der Waals surface area contributed by atoms with Gasteiger partial charge in [-0.1, -0.05) is 39.7 Å². The van der Waals surface area contributed by atoms with Gasteiger partial charge in [-0.05, 0) is 29.8 Å². The molecule has 2 rings (SSSR count). The van der Waals surface area contributed by atoms with E-state index in [0.717, 1.165) is 10.5 Å². The molecule has 2 aromatic carbocycles. The summed E-state index contributed by atoms with van der Waals surface area (Å²) in [6.07, 6.45) is 1.43. The summed E-state index contributed by atoms with van der Waals surface area (Å²) >= 11 is 9.21. The Morgan fingerprint density at radius 3 is 2.50 bits per heavy atom. The van der Waals surface area contributed by atoms with Crippen LogP contribution in [0.3, 0.4) is 0 Å². The summed E-state index contributed by atoms with van der Waals surface area (Å²) in [6.45, 7) is 0. The first-order valence-corrected chi connectivity index (χ1v) is 7.70. The highest BCUT2D eigenvalue weighted by Crippen LogP contribution is 2.27. The fourth-order valence-electron chi connectivity index (χ4n) is 1.78. The van der Waals surface area contributed by atoms with Crippen LogP contribution in [0.25, 0.3) is 6.08 Å². The molecule has 0 radical (unpaired) electrons. The van der Waals surface area contributed by atoms with Crippen molar-refractivity contribution in [3.05, 3.63) is 73.2 Å². The second-order valence-corrected chi connectivity index (χ2v) is 5.92. The third-order valence-corrected chi connectivity index (χ3v) is 3.80. The van der Waals surface area contributed by atoms with Gasteiger partial charge in [0.25, 0.3) is 11.6 Å². The van der Waals surface area contributed by atoms with E-state index in [1.54, 1.807) is 24.3 Å². The fourth-order valence-corrected chi connectivity index (χ4v) is 2.27. The zero-order valence-corrected chi connectivity index (χ0v) is 14.3. The van der Waals surface area contributed by atoms with Crippen molar-refractivity contribution >= 4 is 50.9 Å². The van der Waals surface area contributed by atoms with Crippen molar-refractivity contribution in [2.45, 2.75) is 0 Å². The number of nitrogens with one attached hydrogen (secondary N) is 1. The Labute approximate surface area is 150 Å². The number of hydrogen-bond donors (Lipinski definition) is 1. The van der Waals surface area contributed by atoms with Crippen LogP contribution in [-0.2, 0) is 4.79 Å². The van der Waals surface area contributed by atoms with Gasteiger partial charge in [-0.3, -0.25) is 14.9 Å². The van der Waals surface area contributed by atoms with Gasteiger partial charge in [0.05, 0.1) is 15.6 Å². The minimum absolute atomic E-state index is 0.0125. The molecule has 0 aliphatic rings. The van der Waals surface area contributed by atoms with Crippen LogP contribution < -0.4 is 5.32 Å². The van der Waals surface area contributed by atoms with E-state index in [1.807, 2.05) is 6.07 Å². The maximum Gasteiger partial charge on any atom is 0.271 e. The molecule has 0 saturated heterocycles. The highest BCUT2D eigenvalue weighted by atomic mass is 79.9. The van der Waals surface area contributed by atoms with Crippen molar-refractivity contribution in [1.82, 2.24) is 0 Å². The van der Waals surface area contributed by atoms with Crippen LogP contribution in [0.1, 0.15) is 5.56 Å². The number of non-ortho nitro benzene ring substituents is 1. The third-order valence-electron chi connectivity index (χ3n) is 2.96. The van der Waals surface area contributed by atoms with Crippen molar-refractivity contribution in [2.24, 2.45) is 0 Å². The lowest BCUT2D eigenvalue weighted by atomic mass is 10.1. The number of halogens is 2. The highest BCUT2D eigenvalue weighted by Gasteiger charge is 2.14. The molecule has 6 nitrogen and oxygen atoms in total. The number of nitrogens with zero attached hydrogens (tertiary/aromatic N) is 2. The van der Waals surface area contributed by atoms with E-state index in [-0.39, 0.29) is 22.0 Å². The van der Waals surface area contributed by atoms with E-state index in [4.69, 9.17) is 16.9 Å². The molecule has 2 aromatic rings. The van der Waals surface area contributed by atoms with Gasteiger partial charge in [0.1, 0.15) is 11.6 Å². The molecule has 0 aliphatic heterocycles. The summed E-state index contributed by atoms with van der Waals surface area (Å²) < 4.78 is 0.875. The SMILES string of the molecule is N#CC(=Cc1ccc(Br)cc1)C(=O)Nc1ccc([N+](=O)[O-])cc1Cl. The van der Waals surface area contributed by atoms with E-state index < -0.39 is 10.8 Å². The lowest BCUT2D eigenvalue weighted by Crippen LogP contribution is -2.13. The molecule has 0 aromatic heterocycles. The fraction of sp³-hybridized carbons (Fsp3) is 0. The summed E-state index contributed by atoms with van der Waals surface area (Å²) in [5, 5.41) is 22.3. The molecule has 0 atom stereocenters. The molecule has 0 aliphatic carbocycles. The second kappa shape index (κ2) is 7.73. The molecule has 8 heteroatoms. The van der Waals surface area contributed by atoms with Crippen molar-refractivity contribution in [3.63, 3.8) is 0 Å². The standard InChI is InChI=1S/C16H9BrClN3O3/c17-12-3-1-10(2-4-12)7-11(9-19)16(22)20-15-6-5-13(21(23)24)8-14(15)18/h1-8H,(H,20,22). The number of nitriles is 1. The Morgan fingerprint density at radius 2 is 1.96 bits per heavy atom. The van der Waals surface area contributed by atoms with Crippen LogP contribution in [0.2, 0.25) is 5.02 Å². The Balaban J connectivity index is 2.22. The van der Waals surface area contributed by atoms with Crippen LogP contribution in [0.15, 0.2) is 52.5 Å². The van der Waals surface area contributed by atoms with Gasteiger partial charge in [0.2, 0.25) is 0 Å². The van der Waals surface area contributed by atoms with E-state index in [9.17, 15) is 14.9 Å². The van der Waals surface area contributed by atoms with Gasteiger partial charge in [-0.25, -0.2) is 0 Å². The number of rotatable bonds is 4. The van der Waals surface area contributed by atoms with Crippen molar-refractivity contribution < 1.29 is 9.72 Å². The van der Waals surface area contributed by atoms with Gasteiger partial charge in [0.15, 0.2) is 0 Å². The first-order valence-electron chi connectivity index (χ1n) is 6.53. The summed E-state index contributed by atoms with van der Waals surface area (Å²) in [6, 6.07) is 12.5. The van der Waals surface area contributed by atoms with Crippen molar-refractivity contribution in [3.8, 4) is 6.07 Å². The molecular weight excluding hydrogens is 398 g/mol. The van der Waals surface area contributed by atoms with Crippen LogP contribution in [0.4, 0.5) is 11.4 Å². The molecule has 1 amide bonds. The molecule has 0 saturated carbocycles. The average Bonchev–Trinajstić information content (AvgIpc) is 2.55. The van der Waals surface area contributed by atoms with Gasteiger partial charge in [-0.15, -0.1) is 0 Å². The Hall–Kier alpha value is -2.69. The number of anilines is 1. The number of carbonyl (C=O) groups excluding carboxylic acids is 1. The quantitative estimate of drug-likeness (QED) is 0.348. The highest BCUT2D eigenvalue weighted by molar-refractivity contribution is 9.10. The monoisotopic (exact) mass is 405 g/mol. The van der Waals surface area contributed by atoms with Crippen LogP contribution >= 0.6 is 27.5 Å². The molecule has 0 bridgehead atoms. The van der Waals surface area contributed by atoms with Gasteiger partial charge >= 0.3 is 0 Å². The lowest BCUT2D eigenvalue weighted by molar-refractivity contribution is -0.384. The zero-order valence-electron chi connectivity index (χ0n) is 12.0. The maximum atomic E-state index is 12.2. The number of benzene rings is 2. The number of amides is 1. The van der Waals surface area contributed by atoms with Crippen LogP contribution in [-0.4, -0.2) is 10.8 Å². The van der Waals surface area contributed by atoms with Crippen LogP contribution in [0.5, 0.6) is 0 Å². The van der Waals surface area contributed by atoms with Gasteiger partial charge < -0.3 is 5.32 Å². The van der Waals surface area contributed by atoms with E-state index >= 15 is 0 Å². The zero-order chi connectivity index (χ0) is 17.7. The Kier molecular flexibility index (Phi) is 5.68. The molecule has 24 heavy (non-hydrogen) atoms. The molecule has 1 N–H and O–H groups in total. The molecular formula is C16H9BrClN3O3. The maximum absolute atomic E-state index is 12.2. The summed E-state index contributed by atoms with van der Waals surface area (Å²) in [5.41, 5.74) is 0.555. The van der Waals surface area contributed by atoms with Gasteiger partial charge in [-0.2, -0.15) is 5.26 Å². The second-order valence-electron chi connectivity index (χ2n) is 4.60. The lowest BCUT2D eigenvalue weighted by Gasteiger charge is -2.06. The smallest absolute Gasteiger partial charge is 0.271 e. The van der Waals surface area contributed by atoms with Crippen molar-refractivity contribution in [1.29, 1.82) is 5.26 Å². The molecule has 0 unspecified atom stereocenters. The summed E-state index contributed by atoms with van der Waals surface area (Å²) in [5.74, 6) is -0.656. The summed E-state index contributed by atoms with van der Waals surface area (Å²) in [7, 11) is 0. The van der Waals surface area contributed by atoms with E-state index in [2.05, 4.69) is 21.2 Å². The number of hydrogen-bond acceptors (Lipinski definition) is 4. The average molecular weight is 407 g/mol. The first-order chi connectivity index (χ1) is 11.4. The topological polar surface area (TPSA) is 96.0 Å². The molecule has 120 valence electrons. The largest absolute Gasteiger partial charge is 0.320 e. The number of nitro groups is 1. The Bertz CT molecular complexity index is 873. The third kappa shape index (κ3) is 4.41. The Morgan fingerprint density at radius 1 is 1.29 bits per heavy atom. The predicted octanol–water partition coefficient (Wildman–Crippen LogP) is 4.56. The van der Waals surface area contributed by atoms with Gasteiger partial charge in [0, 0.05) is 16.6 Å². The molecule has 0 fully saturated rings.